The molecule has 0 unspecified atom stereocenters. The van der Waals surface area contributed by atoms with E-state index in [9.17, 15) is 19.5 Å². The maximum atomic E-state index is 12.3. The maximum absolute atomic E-state index is 12.3. The molecule has 1 fully saturated rings. The van der Waals surface area contributed by atoms with Crippen LogP contribution in [0.2, 0.25) is 0 Å². The first-order valence-electron chi connectivity index (χ1n) is 8.03. The fraction of sp³-hybridized carbons (Fsp3) is 0.471. The fourth-order valence-corrected chi connectivity index (χ4v) is 2.65. The van der Waals surface area contributed by atoms with E-state index < -0.39 is 36.7 Å². The molecule has 1 aliphatic heterocycles. The smallest absolute Gasteiger partial charge is 0.410 e. The number of hydrogen-bond donors (Lipinski definition) is 2. The molecule has 136 valence electrons. The number of methoxy groups -OCH3 is 1. The summed E-state index contributed by atoms with van der Waals surface area (Å²) in [6, 6.07) is 7.34. The van der Waals surface area contributed by atoms with Crippen molar-refractivity contribution in [3.8, 4) is 0 Å². The summed E-state index contributed by atoms with van der Waals surface area (Å²) in [7, 11) is 1.17. The minimum atomic E-state index is -1.15. The molecule has 1 aliphatic rings. The Morgan fingerprint density at radius 1 is 1.32 bits per heavy atom. The van der Waals surface area contributed by atoms with E-state index in [0.29, 0.717) is 19.4 Å². The number of nitrogens with zero attached hydrogens (tertiary/aromatic N) is 1. The standard InChI is InChI=1S/C17H22N2O6/c1-24-16(22)13(10-20)18-15(21)14-8-5-9-19(14)17(23)25-11-12-6-3-2-4-7-12/h2-4,6-7,13-14,20H,5,8-11H2,1H3,(H,18,21)/t13-,14+/m0/s1. The summed E-state index contributed by atoms with van der Waals surface area (Å²) < 4.78 is 9.77. The van der Waals surface area contributed by atoms with Crippen molar-refractivity contribution in [1.29, 1.82) is 0 Å². The molecule has 0 saturated carbocycles. The van der Waals surface area contributed by atoms with Crippen LogP contribution in [-0.4, -0.2) is 60.3 Å². The fourth-order valence-electron chi connectivity index (χ4n) is 2.65. The van der Waals surface area contributed by atoms with E-state index >= 15 is 0 Å². The zero-order chi connectivity index (χ0) is 18.2. The molecule has 0 radical (unpaired) electrons. The van der Waals surface area contributed by atoms with Gasteiger partial charge in [0.2, 0.25) is 5.91 Å². The highest BCUT2D eigenvalue weighted by molar-refractivity contribution is 5.90. The predicted molar refractivity (Wildman–Crippen MR) is 87.4 cm³/mol. The monoisotopic (exact) mass is 350 g/mol. The molecule has 2 rings (SSSR count). The summed E-state index contributed by atoms with van der Waals surface area (Å²) in [6.45, 7) is -0.0662. The van der Waals surface area contributed by atoms with Crippen LogP contribution in [0.15, 0.2) is 30.3 Å². The first kappa shape index (κ1) is 18.7. The van der Waals surface area contributed by atoms with Gasteiger partial charge in [-0.25, -0.2) is 9.59 Å². The number of carbonyl (C=O) groups is 3. The third kappa shape index (κ3) is 4.93. The average Bonchev–Trinajstić information content (AvgIpc) is 3.14. The number of hydrogen-bond acceptors (Lipinski definition) is 6. The van der Waals surface area contributed by atoms with Crippen LogP contribution in [0.3, 0.4) is 0 Å². The van der Waals surface area contributed by atoms with Gasteiger partial charge in [0.25, 0.3) is 0 Å². The second-order valence-corrected chi connectivity index (χ2v) is 5.66. The van der Waals surface area contributed by atoms with E-state index in [1.165, 1.54) is 12.0 Å². The summed E-state index contributed by atoms with van der Waals surface area (Å²) in [5.41, 5.74) is 0.849. The zero-order valence-corrected chi connectivity index (χ0v) is 14.0. The van der Waals surface area contributed by atoms with Gasteiger partial charge < -0.3 is 19.9 Å². The molecule has 2 atom stereocenters. The largest absolute Gasteiger partial charge is 0.467 e. The van der Waals surface area contributed by atoms with Gasteiger partial charge in [0.05, 0.1) is 13.7 Å². The van der Waals surface area contributed by atoms with Crippen LogP contribution in [-0.2, 0) is 25.7 Å². The molecule has 8 nitrogen and oxygen atoms in total. The van der Waals surface area contributed by atoms with Gasteiger partial charge in [0, 0.05) is 6.54 Å². The Morgan fingerprint density at radius 2 is 2.04 bits per heavy atom. The lowest BCUT2D eigenvalue weighted by molar-refractivity contribution is -0.146. The van der Waals surface area contributed by atoms with Crippen LogP contribution >= 0.6 is 0 Å². The Bertz CT molecular complexity index is 606. The Labute approximate surface area is 145 Å². The number of carbonyl (C=O) groups excluding carboxylic acids is 3. The van der Waals surface area contributed by atoms with Crippen LogP contribution < -0.4 is 5.32 Å². The lowest BCUT2D eigenvalue weighted by Crippen LogP contribution is -2.52. The van der Waals surface area contributed by atoms with Gasteiger partial charge in [-0.1, -0.05) is 30.3 Å². The van der Waals surface area contributed by atoms with Crippen LogP contribution in [0.4, 0.5) is 4.79 Å². The number of benzene rings is 1. The lowest BCUT2D eigenvalue weighted by atomic mass is 10.2. The lowest BCUT2D eigenvalue weighted by Gasteiger charge is -2.24. The third-order valence-electron chi connectivity index (χ3n) is 3.98. The van der Waals surface area contributed by atoms with Gasteiger partial charge in [0.1, 0.15) is 12.6 Å². The molecule has 2 amide bonds. The van der Waals surface area contributed by atoms with E-state index in [2.05, 4.69) is 10.1 Å². The molecule has 1 aromatic rings. The summed E-state index contributed by atoms with van der Waals surface area (Å²) in [6.07, 6.45) is 0.534. The first-order valence-corrected chi connectivity index (χ1v) is 8.03. The molecular formula is C17H22N2O6. The Balaban J connectivity index is 1.93. The minimum absolute atomic E-state index is 0.117. The van der Waals surface area contributed by atoms with E-state index in [-0.39, 0.29) is 6.61 Å². The molecule has 1 saturated heterocycles. The Morgan fingerprint density at radius 3 is 2.68 bits per heavy atom. The topological polar surface area (TPSA) is 105 Å². The summed E-state index contributed by atoms with van der Waals surface area (Å²) in [5.74, 6) is -1.26. The Hall–Kier alpha value is -2.61. The number of aliphatic hydroxyl groups is 1. The molecule has 0 spiro atoms. The molecular weight excluding hydrogens is 328 g/mol. The second-order valence-electron chi connectivity index (χ2n) is 5.66. The van der Waals surface area contributed by atoms with E-state index in [0.717, 1.165) is 5.56 Å². The van der Waals surface area contributed by atoms with Crippen molar-refractivity contribution < 1.29 is 29.0 Å². The van der Waals surface area contributed by atoms with Crippen molar-refractivity contribution in [2.75, 3.05) is 20.3 Å². The molecule has 0 bridgehead atoms. The highest BCUT2D eigenvalue weighted by atomic mass is 16.6. The number of amides is 2. The SMILES string of the molecule is COC(=O)[C@H](CO)NC(=O)[C@H]1CCCN1C(=O)OCc1ccccc1. The summed E-state index contributed by atoms with van der Waals surface area (Å²) in [4.78, 5) is 37.4. The minimum Gasteiger partial charge on any atom is -0.467 e. The van der Waals surface area contributed by atoms with Crippen molar-refractivity contribution in [1.82, 2.24) is 10.2 Å². The normalized spacial score (nSPS) is 17.7. The third-order valence-corrected chi connectivity index (χ3v) is 3.98. The predicted octanol–water partition coefficient (Wildman–Crippen LogP) is 0.438. The number of likely N-dealkylation sites (tertiary alicyclic amines) is 1. The van der Waals surface area contributed by atoms with Crippen LogP contribution in [0.5, 0.6) is 0 Å². The first-order chi connectivity index (χ1) is 12.1. The van der Waals surface area contributed by atoms with Crippen LogP contribution in [0.1, 0.15) is 18.4 Å². The quantitative estimate of drug-likeness (QED) is 0.721. The van der Waals surface area contributed by atoms with E-state index in [4.69, 9.17) is 4.74 Å². The van der Waals surface area contributed by atoms with Crippen molar-refractivity contribution in [2.24, 2.45) is 0 Å². The average molecular weight is 350 g/mol. The summed E-state index contributed by atoms with van der Waals surface area (Å²) in [5, 5.41) is 11.6. The van der Waals surface area contributed by atoms with Crippen molar-refractivity contribution in [3.05, 3.63) is 35.9 Å². The number of rotatable bonds is 6. The van der Waals surface area contributed by atoms with Gasteiger partial charge in [-0.3, -0.25) is 9.69 Å². The number of nitrogens with one attached hydrogen (secondary N) is 1. The van der Waals surface area contributed by atoms with E-state index in [1.807, 2.05) is 30.3 Å². The zero-order valence-electron chi connectivity index (χ0n) is 14.0. The molecule has 0 aromatic heterocycles. The van der Waals surface area contributed by atoms with Gasteiger partial charge in [-0.15, -0.1) is 0 Å². The molecule has 0 aliphatic carbocycles. The highest BCUT2D eigenvalue weighted by Gasteiger charge is 2.36. The van der Waals surface area contributed by atoms with E-state index in [1.54, 1.807) is 0 Å². The van der Waals surface area contributed by atoms with Crippen molar-refractivity contribution >= 4 is 18.0 Å². The Kier molecular flexibility index (Phi) is 6.76. The number of aliphatic hydroxyl groups excluding tert-OH is 1. The number of esters is 1. The van der Waals surface area contributed by atoms with Gasteiger partial charge in [0.15, 0.2) is 6.04 Å². The van der Waals surface area contributed by atoms with Crippen molar-refractivity contribution in [3.63, 3.8) is 0 Å². The van der Waals surface area contributed by atoms with Crippen LogP contribution in [0.25, 0.3) is 0 Å². The molecule has 1 aromatic carbocycles. The van der Waals surface area contributed by atoms with Crippen molar-refractivity contribution in [2.45, 2.75) is 31.5 Å². The highest BCUT2D eigenvalue weighted by Crippen LogP contribution is 2.19. The molecule has 2 N–H and O–H groups in total. The van der Waals surface area contributed by atoms with Gasteiger partial charge >= 0.3 is 12.1 Å². The molecule has 8 heteroatoms. The van der Waals surface area contributed by atoms with Gasteiger partial charge in [-0.05, 0) is 18.4 Å². The number of ether oxygens (including phenoxy) is 2. The second kappa shape index (κ2) is 9.03. The summed E-state index contributed by atoms with van der Waals surface area (Å²) >= 11 is 0. The van der Waals surface area contributed by atoms with Crippen LogP contribution in [0, 0.1) is 0 Å². The maximum Gasteiger partial charge on any atom is 0.410 e. The molecule has 25 heavy (non-hydrogen) atoms. The van der Waals surface area contributed by atoms with Gasteiger partial charge in [-0.2, -0.15) is 0 Å². The molecule has 1 heterocycles.